The molecule has 0 aromatic heterocycles. The third-order valence-corrected chi connectivity index (χ3v) is 5.16. The van der Waals surface area contributed by atoms with Crippen molar-refractivity contribution in [2.75, 3.05) is 31.5 Å². The molecule has 6 nitrogen and oxygen atoms in total. The minimum absolute atomic E-state index is 0.0139. The van der Waals surface area contributed by atoms with E-state index in [-0.39, 0.29) is 36.4 Å². The van der Waals surface area contributed by atoms with Crippen LogP contribution in [0.1, 0.15) is 25.8 Å². The molecular weight excluding hydrogens is 340 g/mol. The van der Waals surface area contributed by atoms with Gasteiger partial charge in [0.25, 0.3) is 0 Å². The summed E-state index contributed by atoms with van der Waals surface area (Å²) in [4.78, 5) is 26.2. The van der Waals surface area contributed by atoms with Crippen molar-refractivity contribution in [2.45, 2.75) is 33.2 Å². The van der Waals surface area contributed by atoms with Gasteiger partial charge < -0.3 is 16.4 Å². The average molecular weight is 367 g/mol. The number of nitrogens with two attached hydrogens (primary N) is 1. The lowest BCUT2D eigenvalue weighted by atomic mass is 9.80. The summed E-state index contributed by atoms with van der Waals surface area (Å²) in [6.07, 6.45) is 0.870. The molecule has 138 valence electrons. The highest BCUT2D eigenvalue weighted by Crippen LogP contribution is 2.27. The smallest absolute Gasteiger partial charge is 0.243 e. The number of benzene rings is 1. The van der Waals surface area contributed by atoms with Gasteiger partial charge in [-0.3, -0.25) is 14.5 Å². The van der Waals surface area contributed by atoms with Crippen molar-refractivity contribution >= 4 is 29.1 Å². The largest absolute Gasteiger partial charge is 0.346 e. The summed E-state index contributed by atoms with van der Waals surface area (Å²) in [5.41, 5.74) is 7.55. The second-order valence-corrected chi connectivity index (χ2v) is 7.74. The fourth-order valence-corrected chi connectivity index (χ4v) is 3.17. The number of piperidine rings is 1. The van der Waals surface area contributed by atoms with E-state index < -0.39 is 0 Å². The summed E-state index contributed by atoms with van der Waals surface area (Å²) in [5.74, 6) is -0.441. The van der Waals surface area contributed by atoms with Crippen LogP contribution in [0.2, 0.25) is 5.02 Å². The highest BCUT2D eigenvalue weighted by Gasteiger charge is 2.33. The normalized spacial score (nSPS) is 20.1. The highest BCUT2D eigenvalue weighted by atomic mass is 35.5. The first-order chi connectivity index (χ1) is 11.7. The predicted octanol–water partition coefficient (Wildman–Crippen LogP) is 1.76. The molecule has 0 saturated carbocycles. The second kappa shape index (κ2) is 8.17. The van der Waals surface area contributed by atoms with Crippen LogP contribution in [0.4, 0.5) is 5.69 Å². The first kappa shape index (κ1) is 19.7. The van der Waals surface area contributed by atoms with Gasteiger partial charge in [0, 0.05) is 29.8 Å². The summed E-state index contributed by atoms with van der Waals surface area (Å²) in [5, 5.41) is 6.02. The van der Waals surface area contributed by atoms with E-state index in [0.29, 0.717) is 10.7 Å². The average Bonchev–Trinajstić information content (AvgIpc) is 2.53. The van der Waals surface area contributed by atoms with E-state index in [0.717, 1.165) is 25.1 Å². The van der Waals surface area contributed by atoms with Crippen LogP contribution >= 0.6 is 11.6 Å². The van der Waals surface area contributed by atoms with Crippen LogP contribution in [0.5, 0.6) is 0 Å². The van der Waals surface area contributed by atoms with Crippen LogP contribution in [0.25, 0.3) is 0 Å². The van der Waals surface area contributed by atoms with Gasteiger partial charge in [-0.05, 0) is 36.5 Å². The summed E-state index contributed by atoms with van der Waals surface area (Å²) < 4.78 is 0. The van der Waals surface area contributed by atoms with Crippen molar-refractivity contribution in [2.24, 2.45) is 11.1 Å². The number of hydrogen-bond donors (Lipinski definition) is 3. The predicted molar refractivity (Wildman–Crippen MR) is 101 cm³/mol. The minimum Gasteiger partial charge on any atom is -0.346 e. The van der Waals surface area contributed by atoms with Crippen molar-refractivity contribution in [1.82, 2.24) is 10.2 Å². The molecule has 25 heavy (non-hydrogen) atoms. The van der Waals surface area contributed by atoms with E-state index in [9.17, 15) is 9.59 Å². The summed E-state index contributed by atoms with van der Waals surface area (Å²) in [7, 11) is 0. The molecule has 4 N–H and O–H groups in total. The number of halogens is 1. The number of amides is 2. The summed E-state index contributed by atoms with van der Waals surface area (Å²) in [6.45, 7) is 7.84. The van der Waals surface area contributed by atoms with E-state index >= 15 is 0 Å². The summed E-state index contributed by atoms with van der Waals surface area (Å²) >= 11 is 6.03. The number of likely N-dealkylation sites (tertiary alicyclic amines) is 1. The quantitative estimate of drug-likeness (QED) is 0.741. The van der Waals surface area contributed by atoms with Crippen molar-refractivity contribution in [3.8, 4) is 0 Å². The van der Waals surface area contributed by atoms with Crippen molar-refractivity contribution in [3.63, 3.8) is 0 Å². The standard InChI is InChI=1S/C18H27ClN4O2/c1-12-13(19)5-4-6-14(12)22-16(24)9-21-17(25)10-23-8-7-15(20)18(2,3)11-23/h4-6,15H,7-11,20H2,1-3H3,(H,21,25)(H,22,24). The number of rotatable bonds is 5. The van der Waals surface area contributed by atoms with Gasteiger partial charge in [0.1, 0.15) is 0 Å². The zero-order valence-corrected chi connectivity index (χ0v) is 15.8. The molecule has 1 aliphatic rings. The van der Waals surface area contributed by atoms with E-state index in [1.807, 2.05) is 6.92 Å². The van der Waals surface area contributed by atoms with Crippen LogP contribution in [0.3, 0.4) is 0 Å². The number of carbonyl (C=O) groups excluding carboxylic acids is 2. The zero-order chi connectivity index (χ0) is 18.6. The van der Waals surface area contributed by atoms with Gasteiger partial charge in [0.15, 0.2) is 0 Å². The van der Waals surface area contributed by atoms with Crippen molar-refractivity contribution in [3.05, 3.63) is 28.8 Å². The number of nitrogens with zero attached hydrogens (tertiary/aromatic N) is 1. The first-order valence-electron chi connectivity index (χ1n) is 8.48. The van der Waals surface area contributed by atoms with Gasteiger partial charge in [0.2, 0.25) is 11.8 Å². The minimum atomic E-state index is -0.278. The second-order valence-electron chi connectivity index (χ2n) is 7.33. The van der Waals surface area contributed by atoms with Gasteiger partial charge in [-0.1, -0.05) is 31.5 Å². The molecular formula is C18H27ClN4O2. The van der Waals surface area contributed by atoms with Gasteiger partial charge in [0.05, 0.1) is 13.1 Å². The van der Waals surface area contributed by atoms with Gasteiger partial charge in [-0.15, -0.1) is 0 Å². The Morgan fingerprint density at radius 3 is 2.76 bits per heavy atom. The van der Waals surface area contributed by atoms with Gasteiger partial charge >= 0.3 is 0 Å². The Hall–Kier alpha value is -1.63. The van der Waals surface area contributed by atoms with Crippen molar-refractivity contribution < 1.29 is 9.59 Å². The van der Waals surface area contributed by atoms with Gasteiger partial charge in [-0.2, -0.15) is 0 Å². The third-order valence-electron chi connectivity index (χ3n) is 4.75. The van der Waals surface area contributed by atoms with Crippen molar-refractivity contribution in [1.29, 1.82) is 0 Å². The SMILES string of the molecule is Cc1c(Cl)cccc1NC(=O)CNC(=O)CN1CCC(N)C(C)(C)C1. The molecule has 1 aromatic rings. The Morgan fingerprint density at radius 1 is 1.36 bits per heavy atom. The number of carbonyl (C=O) groups is 2. The fourth-order valence-electron chi connectivity index (χ4n) is 3.00. The lowest BCUT2D eigenvalue weighted by Crippen LogP contribution is -2.54. The molecule has 1 aliphatic heterocycles. The fraction of sp³-hybridized carbons (Fsp3) is 0.556. The molecule has 0 radical (unpaired) electrons. The molecule has 7 heteroatoms. The third kappa shape index (κ3) is 5.42. The number of nitrogens with one attached hydrogen (secondary N) is 2. The van der Waals surface area contributed by atoms with Crippen LogP contribution in [-0.4, -0.2) is 48.9 Å². The molecule has 1 atom stereocenters. The lowest BCUT2D eigenvalue weighted by Gasteiger charge is -2.42. The van der Waals surface area contributed by atoms with Crippen LogP contribution < -0.4 is 16.4 Å². The Balaban J connectivity index is 1.78. The number of hydrogen-bond acceptors (Lipinski definition) is 4. The molecule has 1 saturated heterocycles. The molecule has 2 amide bonds. The maximum Gasteiger partial charge on any atom is 0.243 e. The molecule has 1 fully saturated rings. The van der Waals surface area contributed by atoms with Crippen LogP contribution in [0.15, 0.2) is 18.2 Å². The molecule has 1 unspecified atom stereocenters. The maximum atomic E-state index is 12.1. The molecule has 2 rings (SSSR count). The first-order valence-corrected chi connectivity index (χ1v) is 8.86. The molecule has 1 aromatic carbocycles. The Morgan fingerprint density at radius 2 is 2.08 bits per heavy atom. The van der Waals surface area contributed by atoms with E-state index in [1.54, 1.807) is 18.2 Å². The van der Waals surface area contributed by atoms with Crippen LogP contribution in [-0.2, 0) is 9.59 Å². The summed E-state index contributed by atoms with van der Waals surface area (Å²) in [6, 6.07) is 5.46. The van der Waals surface area contributed by atoms with E-state index in [4.69, 9.17) is 17.3 Å². The molecule has 0 bridgehead atoms. The number of anilines is 1. The molecule has 1 heterocycles. The Labute approximate surface area is 154 Å². The molecule has 0 spiro atoms. The Bertz CT molecular complexity index is 648. The van der Waals surface area contributed by atoms with E-state index in [2.05, 4.69) is 29.4 Å². The zero-order valence-electron chi connectivity index (χ0n) is 15.1. The Kier molecular flexibility index (Phi) is 6.43. The van der Waals surface area contributed by atoms with Crippen LogP contribution in [0, 0.1) is 12.3 Å². The molecule has 0 aliphatic carbocycles. The van der Waals surface area contributed by atoms with Gasteiger partial charge in [-0.25, -0.2) is 0 Å². The topological polar surface area (TPSA) is 87.5 Å². The maximum absolute atomic E-state index is 12.1. The lowest BCUT2D eigenvalue weighted by molar-refractivity contribution is -0.125. The van der Waals surface area contributed by atoms with E-state index in [1.165, 1.54) is 0 Å². The monoisotopic (exact) mass is 366 g/mol. The highest BCUT2D eigenvalue weighted by molar-refractivity contribution is 6.31.